The Morgan fingerprint density at radius 1 is 1.28 bits per heavy atom. The van der Waals surface area contributed by atoms with Gasteiger partial charge in [0.25, 0.3) is 0 Å². The molecule has 1 aromatic rings. The molecule has 0 amide bonds. The Morgan fingerprint density at radius 3 is 2.33 bits per heavy atom. The molecule has 0 fully saturated rings. The third kappa shape index (κ3) is 3.06. The van der Waals surface area contributed by atoms with Gasteiger partial charge in [-0.2, -0.15) is 0 Å². The van der Waals surface area contributed by atoms with Crippen LogP contribution in [-0.2, 0) is 11.8 Å². The average Bonchev–Trinajstić information content (AvgIpc) is 2.73. The van der Waals surface area contributed by atoms with E-state index in [1.807, 2.05) is 12.1 Å². The maximum absolute atomic E-state index is 5.80. The number of nitrogens with zero attached hydrogens (tertiary/aromatic N) is 1. The predicted molar refractivity (Wildman–Crippen MR) is 88.4 cm³/mol. The standard InChI is InChI=1S/C8H8N2OPS2.3CH3.Sn/c1-11-7-2-4-8(5-3-7)12(13)10-9-6-14-12;;;;/h2-5H,1H3,(H,10,13);3*1H3;. The van der Waals surface area contributed by atoms with Crippen molar-refractivity contribution in [3.05, 3.63) is 24.3 Å². The SMILES string of the molecule is COc1ccc(P2(=S)NN=[C]([Sn]([CH3])([CH3])[CH3])S2)cc1. The molecular formula is C11H17N2OPS2Sn. The van der Waals surface area contributed by atoms with Crippen molar-refractivity contribution >= 4 is 55.3 Å². The molecule has 1 unspecified atom stereocenters. The first-order valence-electron chi connectivity index (χ1n) is 5.65. The summed E-state index contributed by atoms with van der Waals surface area (Å²) in [6.07, 6.45) is 0. The van der Waals surface area contributed by atoms with E-state index in [1.54, 1.807) is 18.5 Å². The molecule has 18 heavy (non-hydrogen) atoms. The van der Waals surface area contributed by atoms with Gasteiger partial charge in [-0.05, 0) is 0 Å². The molecule has 1 aliphatic rings. The van der Waals surface area contributed by atoms with E-state index in [2.05, 4.69) is 37.2 Å². The van der Waals surface area contributed by atoms with Crippen molar-refractivity contribution in [3.8, 4) is 5.75 Å². The summed E-state index contributed by atoms with van der Waals surface area (Å²) < 4.78 is 6.47. The molecule has 0 saturated carbocycles. The zero-order valence-corrected chi connectivity index (χ0v) is 16.3. The number of rotatable bonds is 3. The molecule has 3 nitrogen and oxygen atoms in total. The molecule has 0 bridgehead atoms. The van der Waals surface area contributed by atoms with Gasteiger partial charge >= 0.3 is 122 Å². The van der Waals surface area contributed by atoms with E-state index in [0.29, 0.717) is 0 Å². The first-order chi connectivity index (χ1) is 8.35. The molecule has 0 spiro atoms. The number of methoxy groups -OCH3 is 1. The second kappa shape index (κ2) is 5.35. The van der Waals surface area contributed by atoms with E-state index in [9.17, 15) is 0 Å². The van der Waals surface area contributed by atoms with Crippen molar-refractivity contribution in [2.75, 3.05) is 7.11 Å². The molecule has 98 valence electrons. The normalized spacial score (nSPS) is 23.4. The van der Waals surface area contributed by atoms with Crippen LogP contribution in [0.2, 0.25) is 14.8 Å². The minimum absolute atomic E-state index is 0.862. The molecule has 1 N–H and O–H groups in total. The van der Waals surface area contributed by atoms with Crippen molar-refractivity contribution in [1.29, 1.82) is 0 Å². The summed E-state index contributed by atoms with van der Waals surface area (Å²) in [6, 6.07) is 8.03. The van der Waals surface area contributed by atoms with Crippen LogP contribution in [0.1, 0.15) is 0 Å². The summed E-state index contributed by atoms with van der Waals surface area (Å²) in [5.74, 6) is 0.862. The first kappa shape index (κ1) is 14.7. The first-order valence-corrected chi connectivity index (χ1v) is 19.9. The van der Waals surface area contributed by atoms with Crippen LogP contribution in [0.4, 0.5) is 0 Å². The van der Waals surface area contributed by atoms with E-state index < -0.39 is 23.8 Å². The Morgan fingerprint density at radius 2 is 1.89 bits per heavy atom. The fourth-order valence-electron chi connectivity index (χ4n) is 1.47. The van der Waals surface area contributed by atoms with E-state index in [1.165, 1.54) is 3.06 Å². The molecule has 7 heteroatoms. The number of ether oxygens (including phenoxy) is 1. The molecule has 0 saturated heterocycles. The summed E-state index contributed by atoms with van der Waals surface area (Å²) in [5.41, 5.74) is 0. The van der Waals surface area contributed by atoms with Crippen LogP contribution in [0.15, 0.2) is 29.4 Å². The molecule has 2 rings (SSSR count). The predicted octanol–water partition coefficient (Wildman–Crippen LogP) is 3.16. The van der Waals surface area contributed by atoms with Gasteiger partial charge in [0, 0.05) is 0 Å². The molecule has 0 aromatic heterocycles. The van der Waals surface area contributed by atoms with Gasteiger partial charge in [-0.15, -0.1) is 0 Å². The van der Waals surface area contributed by atoms with Crippen LogP contribution < -0.4 is 15.2 Å². The van der Waals surface area contributed by atoms with Crippen molar-refractivity contribution in [3.63, 3.8) is 0 Å². The van der Waals surface area contributed by atoms with Gasteiger partial charge in [0.05, 0.1) is 0 Å². The Kier molecular flexibility index (Phi) is 4.36. The summed E-state index contributed by atoms with van der Waals surface area (Å²) in [6.45, 7) is 0. The van der Waals surface area contributed by atoms with Gasteiger partial charge in [0.15, 0.2) is 0 Å². The summed E-state index contributed by atoms with van der Waals surface area (Å²) in [7, 11) is 1.67. The minimum atomic E-state index is -2.11. The van der Waals surface area contributed by atoms with Crippen LogP contribution in [-0.4, -0.2) is 28.5 Å². The number of benzene rings is 1. The van der Waals surface area contributed by atoms with Crippen LogP contribution >= 0.6 is 16.8 Å². The van der Waals surface area contributed by atoms with Crippen molar-refractivity contribution in [1.82, 2.24) is 5.20 Å². The third-order valence-electron chi connectivity index (χ3n) is 2.55. The van der Waals surface area contributed by atoms with Crippen molar-refractivity contribution in [2.45, 2.75) is 14.8 Å². The Labute approximate surface area is 121 Å². The number of nitrogens with one attached hydrogen (secondary N) is 1. The van der Waals surface area contributed by atoms with E-state index in [4.69, 9.17) is 16.5 Å². The molecular weight excluding hydrogens is 390 g/mol. The van der Waals surface area contributed by atoms with Crippen LogP contribution in [0, 0.1) is 0 Å². The van der Waals surface area contributed by atoms with Gasteiger partial charge in [-0.3, -0.25) is 0 Å². The van der Waals surface area contributed by atoms with Gasteiger partial charge in [-0.1, -0.05) is 0 Å². The Hall–Kier alpha value is 0.289. The summed E-state index contributed by atoms with van der Waals surface area (Å²) >= 11 is 5.50. The summed E-state index contributed by atoms with van der Waals surface area (Å²) in [5, 5.41) is 7.10. The Bertz CT molecular complexity index is 525. The maximum atomic E-state index is 5.80. The van der Waals surface area contributed by atoms with Crippen molar-refractivity contribution in [2.24, 2.45) is 5.10 Å². The molecule has 1 aromatic carbocycles. The molecule has 0 aliphatic carbocycles. The molecule has 1 heterocycles. The van der Waals surface area contributed by atoms with Crippen molar-refractivity contribution < 1.29 is 4.74 Å². The van der Waals surface area contributed by atoms with Gasteiger partial charge in [0.1, 0.15) is 0 Å². The topological polar surface area (TPSA) is 33.6 Å². The van der Waals surface area contributed by atoms with Crippen LogP contribution in [0.3, 0.4) is 0 Å². The fraction of sp³-hybridized carbons (Fsp3) is 0.364. The Balaban J connectivity index is 2.22. The molecule has 1 aliphatic heterocycles. The second-order valence-electron chi connectivity index (χ2n) is 5.11. The monoisotopic (exact) mass is 408 g/mol. The number of hydrogen-bond donors (Lipinski definition) is 1. The zero-order chi connectivity index (χ0) is 13.4. The van der Waals surface area contributed by atoms with E-state index in [-0.39, 0.29) is 0 Å². The van der Waals surface area contributed by atoms with Gasteiger partial charge in [0.2, 0.25) is 0 Å². The second-order valence-corrected chi connectivity index (χ2v) is 27.3. The zero-order valence-electron chi connectivity index (χ0n) is 10.9. The summed E-state index contributed by atoms with van der Waals surface area (Å²) in [4.78, 5) is 7.09. The van der Waals surface area contributed by atoms with Crippen LogP contribution in [0.5, 0.6) is 5.75 Å². The van der Waals surface area contributed by atoms with Crippen LogP contribution in [0.25, 0.3) is 0 Å². The quantitative estimate of drug-likeness (QED) is 0.617. The van der Waals surface area contributed by atoms with E-state index in [0.717, 1.165) is 11.1 Å². The fourth-order valence-corrected chi connectivity index (χ4v) is 20.5. The number of hydrogen-bond acceptors (Lipinski definition) is 4. The average molecular weight is 407 g/mol. The third-order valence-corrected chi connectivity index (χ3v) is 18.6. The van der Waals surface area contributed by atoms with Gasteiger partial charge < -0.3 is 0 Å². The van der Waals surface area contributed by atoms with Gasteiger partial charge in [-0.25, -0.2) is 0 Å². The number of hydrazone groups is 1. The molecule has 1 atom stereocenters. The van der Waals surface area contributed by atoms with E-state index >= 15 is 0 Å². The molecule has 0 radical (unpaired) electrons.